The summed E-state index contributed by atoms with van der Waals surface area (Å²) in [5.41, 5.74) is 2.27. The summed E-state index contributed by atoms with van der Waals surface area (Å²) in [5.74, 6) is 1.85. The van der Waals surface area contributed by atoms with Crippen LogP contribution >= 0.6 is 0 Å². The highest BCUT2D eigenvalue weighted by Gasteiger charge is 2.35. The first-order valence-corrected chi connectivity index (χ1v) is 7.38. The van der Waals surface area contributed by atoms with Gasteiger partial charge in [0, 0.05) is 19.1 Å². The van der Waals surface area contributed by atoms with Gasteiger partial charge in [-0.3, -0.25) is 4.90 Å². The summed E-state index contributed by atoms with van der Waals surface area (Å²) in [5, 5.41) is 9.83. The van der Waals surface area contributed by atoms with Gasteiger partial charge in [0.05, 0.1) is 17.8 Å². The molecule has 1 aromatic carbocycles. The van der Waals surface area contributed by atoms with Crippen LogP contribution in [0, 0.1) is 6.92 Å². The van der Waals surface area contributed by atoms with Crippen LogP contribution in [0.4, 0.5) is 0 Å². The molecule has 0 radical (unpaired) electrons. The predicted octanol–water partition coefficient (Wildman–Crippen LogP) is 2.11. The molecule has 0 aliphatic carbocycles. The van der Waals surface area contributed by atoms with Crippen molar-refractivity contribution in [1.29, 1.82) is 0 Å². The lowest BCUT2D eigenvalue weighted by Gasteiger charge is -2.21. The molecule has 0 bridgehead atoms. The first-order chi connectivity index (χ1) is 9.52. The van der Waals surface area contributed by atoms with E-state index in [2.05, 4.69) is 24.0 Å². The average Bonchev–Trinajstić information content (AvgIpc) is 2.61. The second-order valence-electron chi connectivity index (χ2n) is 6.19. The van der Waals surface area contributed by atoms with Gasteiger partial charge in [-0.05, 0) is 44.9 Å². The van der Waals surface area contributed by atoms with Crippen LogP contribution in [0.25, 0.3) is 0 Å². The molecule has 0 unspecified atom stereocenters. The molecule has 2 atom stereocenters. The van der Waals surface area contributed by atoms with Crippen molar-refractivity contribution in [3.63, 3.8) is 0 Å². The molecular formula is C16H23NO3. The van der Waals surface area contributed by atoms with Gasteiger partial charge in [0.2, 0.25) is 0 Å². The van der Waals surface area contributed by atoms with Crippen LogP contribution in [0.2, 0.25) is 0 Å². The Hall–Kier alpha value is -1.26. The van der Waals surface area contributed by atoms with Gasteiger partial charge in [0.25, 0.3) is 0 Å². The van der Waals surface area contributed by atoms with E-state index in [4.69, 9.17) is 9.47 Å². The normalized spacial score (nSPS) is 25.9. The van der Waals surface area contributed by atoms with Crippen molar-refractivity contribution >= 4 is 0 Å². The van der Waals surface area contributed by atoms with Crippen LogP contribution in [0.5, 0.6) is 11.5 Å². The molecular weight excluding hydrogens is 254 g/mol. The minimum atomic E-state index is -0.231. The van der Waals surface area contributed by atoms with Crippen molar-refractivity contribution in [3.05, 3.63) is 23.3 Å². The summed E-state index contributed by atoms with van der Waals surface area (Å²) in [6, 6.07) is 4.47. The lowest BCUT2D eigenvalue weighted by Crippen LogP contribution is -2.31. The highest BCUT2D eigenvalue weighted by molar-refractivity contribution is 5.48. The first-order valence-electron chi connectivity index (χ1n) is 7.38. The van der Waals surface area contributed by atoms with E-state index in [0.29, 0.717) is 12.6 Å². The number of nitrogens with zero attached hydrogens (tertiary/aromatic N) is 1. The maximum absolute atomic E-state index is 9.83. The summed E-state index contributed by atoms with van der Waals surface area (Å²) in [6.45, 7) is 8.30. The molecule has 4 heteroatoms. The van der Waals surface area contributed by atoms with E-state index >= 15 is 0 Å². The fourth-order valence-electron chi connectivity index (χ4n) is 3.11. The van der Waals surface area contributed by atoms with Crippen LogP contribution in [0.1, 0.15) is 31.4 Å². The average molecular weight is 277 g/mol. The van der Waals surface area contributed by atoms with Crippen LogP contribution in [0.15, 0.2) is 12.1 Å². The zero-order chi connectivity index (χ0) is 14.3. The van der Waals surface area contributed by atoms with Gasteiger partial charge in [0.15, 0.2) is 0 Å². The third-order valence-electron chi connectivity index (χ3n) is 3.97. The topological polar surface area (TPSA) is 41.9 Å². The second-order valence-corrected chi connectivity index (χ2v) is 6.19. The summed E-state index contributed by atoms with van der Waals surface area (Å²) >= 11 is 0. The van der Waals surface area contributed by atoms with Crippen LogP contribution < -0.4 is 9.47 Å². The molecule has 2 heterocycles. The molecule has 0 aromatic heterocycles. The Morgan fingerprint density at radius 1 is 1.40 bits per heavy atom. The molecule has 1 aromatic rings. The monoisotopic (exact) mass is 277 g/mol. The van der Waals surface area contributed by atoms with Gasteiger partial charge < -0.3 is 14.6 Å². The number of fused-ring (bicyclic) bond motifs is 2. The van der Waals surface area contributed by atoms with E-state index in [9.17, 15) is 5.11 Å². The maximum atomic E-state index is 9.83. The van der Waals surface area contributed by atoms with Crippen molar-refractivity contribution < 1.29 is 14.6 Å². The summed E-state index contributed by atoms with van der Waals surface area (Å²) in [4.78, 5) is 2.30. The standard InChI is InChI=1S/C16H23NO3/c1-10(2)20-16-5-11(3)4-15-14(16)8-17-7-13(18)6-12(17)9-19-15/h4-5,10,12-13,18H,6-9H2,1-3H3/t12-,13-/m1/s1. The van der Waals surface area contributed by atoms with E-state index in [-0.39, 0.29) is 12.2 Å². The number of aliphatic hydroxyl groups is 1. The number of benzene rings is 1. The Morgan fingerprint density at radius 2 is 2.20 bits per heavy atom. The van der Waals surface area contributed by atoms with E-state index < -0.39 is 0 Å². The largest absolute Gasteiger partial charge is 0.491 e. The molecule has 0 spiro atoms. The highest BCUT2D eigenvalue weighted by Crippen LogP contribution is 2.37. The summed E-state index contributed by atoms with van der Waals surface area (Å²) in [7, 11) is 0. The fraction of sp³-hybridized carbons (Fsp3) is 0.625. The minimum absolute atomic E-state index is 0.143. The molecule has 4 nitrogen and oxygen atoms in total. The van der Waals surface area contributed by atoms with Gasteiger partial charge in [-0.15, -0.1) is 0 Å². The lowest BCUT2D eigenvalue weighted by atomic mass is 10.1. The van der Waals surface area contributed by atoms with Crippen molar-refractivity contribution in [2.45, 2.75) is 52.0 Å². The number of ether oxygens (including phenoxy) is 2. The van der Waals surface area contributed by atoms with E-state index in [1.807, 2.05) is 13.8 Å². The molecule has 20 heavy (non-hydrogen) atoms. The Kier molecular flexibility index (Phi) is 3.61. The Labute approximate surface area is 120 Å². The Balaban J connectivity index is 1.94. The maximum Gasteiger partial charge on any atom is 0.128 e. The number of hydrogen-bond acceptors (Lipinski definition) is 4. The molecule has 1 fully saturated rings. The lowest BCUT2D eigenvalue weighted by molar-refractivity contribution is 0.169. The van der Waals surface area contributed by atoms with Crippen molar-refractivity contribution in [2.24, 2.45) is 0 Å². The fourth-order valence-corrected chi connectivity index (χ4v) is 3.11. The number of hydrogen-bond donors (Lipinski definition) is 1. The zero-order valence-corrected chi connectivity index (χ0v) is 12.4. The van der Waals surface area contributed by atoms with Gasteiger partial charge in [-0.25, -0.2) is 0 Å². The van der Waals surface area contributed by atoms with Gasteiger partial charge in [0.1, 0.15) is 18.1 Å². The third kappa shape index (κ3) is 2.63. The third-order valence-corrected chi connectivity index (χ3v) is 3.97. The van der Waals surface area contributed by atoms with Crippen molar-refractivity contribution in [3.8, 4) is 11.5 Å². The molecule has 1 saturated heterocycles. The molecule has 1 N–H and O–H groups in total. The molecule has 0 amide bonds. The molecule has 2 aliphatic heterocycles. The van der Waals surface area contributed by atoms with E-state index in [1.165, 1.54) is 0 Å². The van der Waals surface area contributed by atoms with Crippen LogP contribution in [0.3, 0.4) is 0 Å². The molecule has 3 rings (SSSR count). The number of aliphatic hydroxyl groups excluding tert-OH is 1. The molecule has 0 saturated carbocycles. The molecule has 110 valence electrons. The number of rotatable bonds is 2. The van der Waals surface area contributed by atoms with Gasteiger partial charge in [-0.2, -0.15) is 0 Å². The zero-order valence-electron chi connectivity index (χ0n) is 12.4. The van der Waals surface area contributed by atoms with Gasteiger partial charge in [-0.1, -0.05) is 0 Å². The van der Waals surface area contributed by atoms with Gasteiger partial charge >= 0.3 is 0 Å². The van der Waals surface area contributed by atoms with E-state index in [0.717, 1.165) is 42.1 Å². The van der Waals surface area contributed by atoms with Crippen LogP contribution in [-0.2, 0) is 6.54 Å². The summed E-state index contributed by atoms with van der Waals surface area (Å²) in [6.07, 6.45) is 0.710. The Morgan fingerprint density at radius 3 is 2.95 bits per heavy atom. The van der Waals surface area contributed by atoms with E-state index in [1.54, 1.807) is 0 Å². The SMILES string of the molecule is Cc1cc2c(c(OC(C)C)c1)CN1C[C@H](O)C[C@@H]1CO2. The van der Waals surface area contributed by atoms with Crippen LogP contribution in [-0.4, -0.2) is 41.4 Å². The highest BCUT2D eigenvalue weighted by atomic mass is 16.5. The first kappa shape index (κ1) is 13.7. The smallest absolute Gasteiger partial charge is 0.128 e. The quantitative estimate of drug-likeness (QED) is 0.899. The summed E-state index contributed by atoms with van der Waals surface area (Å²) < 4.78 is 11.9. The van der Waals surface area contributed by atoms with Crippen molar-refractivity contribution in [2.75, 3.05) is 13.2 Å². The van der Waals surface area contributed by atoms with Crippen molar-refractivity contribution in [1.82, 2.24) is 4.90 Å². The number of aryl methyl sites for hydroxylation is 1. The minimum Gasteiger partial charge on any atom is -0.491 e. The molecule has 2 aliphatic rings. The predicted molar refractivity (Wildman–Crippen MR) is 77.3 cm³/mol. The Bertz CT molecular complexity index is 501. The second kappa shape index (κ2) is 5.26.